The molecule has 3 heteroatoms. The van der Waals surface area contributed by atoms with E-state index in [1.54, 1.807) is 13.2 Å². The number of fused-ring (bicyclic) bond motifs is 1. The van der Waals surface area contributed by atoms with Gasteiger partial charge in [-0.05, 0) is 40.1 Å². The topological polar surface area (TPSA) is 9.23 Å². The van der Waals surface area contributed by atoms with Gasteiger partial charge in [-0.3, -0.25) is 0 Å². The molecule has 0 aromatic heterocycles. The van der Waals surface area contributed by atoms with E-state index in [9.17, 15) is 0 Å². The van der Waals surface area contributed by atoms with E-state index in [1.807, 2.05) is 30.3 Å². The molecule has 0 saturated heterocycles. The largest absolute Gasteiger partial charge is 0.497 e. The molecule has 0 aliphatic carbocycles. The highest BCUT2D eigenvalue weighted by molar-refractivity contribution is 6.33. The minimum absolute atomic E-state index is 0.284. The average molecular weight is 317 g/mol. The molecule has 0 heterocycles. The van der Waals surface area contributed by atoms with E-state index < -0.39 is 0 Å². The summed E-state index contributed by atoms with van der Waals surface area (Å²) in [6.45, 7) is 0. The summed E-state index contributed by atoms with van der Waals surface area (Å²) >= 11 is 12.9. The molecule has 3 rings (SSSR count). The Morgan fingerprint density at radius 3 is 2.38 bits per heavy atom. The van der Waals surface area contributed by atoms with Gasteiger partial charge in [0.1, 0.15) is 5.75 Å². The Labute approximate surface area is 134 Å². The number of benzene rings is 3. The van der Waals surface area contributed by atoms with Crippen molar-refractivity contribution in [1.82, 2.24) is 0 Å². The Kier molecular flexibility index (Phi) is 4.05. The van der Waals surface area contributed by atoms with Crippen LogP contribution in [0.2, 0.25) is 5.02 Å². The molecule has 1 nitrogen and oxygen atoms in total. The van der Waals surface area contributed by atoms with Gasteiger partial charge >= 0.3 is 0 Å². The molecular weight excluding hydrogens is 303 g/mol. The highest BCUT2D eigenvalue weighted by atomic mass is 35.5. The lowest BCUT2D eigenvalue weighted by Gasteiger charge is -2.14. The molecule has 0 aliphatic heterocycles. The Hall–Kier alpha value is -1.70. The molecule has 0 amide bonds. The molecule has 0 fully saturated rings. The van der Waals surface area contributed by atoms with Crippen molar-refractivity contribution in [3.8, 4) is 5.75 Å². The fraction of sp³-hybridized carbons (Fsp3) is 0.111. The van der Waals surface area contributed by atoms with Crippen LogP contribution >= 0.6 is 23.2 Å². The number of methoxy groups -OCH3 is 1. The molecule has 3 aromatic rings. The third kappa shape index (κ3) is 2.85. The third-order valence-electron chi connectivity index (χ3n) is 3.55. The van der Waals surface area contributed by atoms with Crippen molar-refractivity contribution >= 4 is 34.0 Å². The highest BCUT2D eigenvalue weighted by Crippen LogP contribution is 2.36. The predicted molar refractivity (Wildman–Crippen MR) is 89.6 cm³/mol. The van der Waals surface area contributed by atoms with Gasteiger partial charge in [0.05, 0.1) is 12.5 Å². The maximum Gasteiger partial charge on any atom is 0.120 e. The van der Waals surface area contributed by atoms with Gasteiger partial charge in [-0.1, -0.05) is 54.1 Å². The number of halogens is 2. The molecule has 0 bridgehead atoms. The SMILES string of the molecule is COc1ccc(C(Cl)c2ccc3ccccc3c2)c(Cl)c1. The highest BCUT2D eigenvalue weighted by Gasteiger charge is 2.15. The normalized spacial score (nSPS) is 12.3. The summed E-state index contributed by atoms with van der Waals surface area (Å²) in [5.74, 6) is 0.728. The van der Waals surface area contributed by atoms with Crippen molar-refractivity contribution in [1.29, 1.82) is 0 Å². The van der Waals surface area contributed by atoms with Crippen LogP contribution in [-0.2, 0) is 0 Å². The summed E-state index contributed by atoms with van der Waals surface area (Å²) in [4.78, 5) is 0. The van der Waals surface area contributed by atoms with Crippen LogP contribution in [-0.4, -0.2) is 7.11 Å². The molecular formula is C18H14Cl2O. The predicted octanol–water partition coefficient (Wildman–Crippen LogP) is 5.83. The molecule has 21 heavy (non-hydrogen) atoms. The van der Waals surface area contributed by atoms with Gasteiger partial charge in [0.2, 0.25) is 0 Å². The summed E-state index contributed by atoms with van der Waals surface area (Å²) in [5, 5.41) is 2.70. The van der Waals surface area contributed by atoms with Crippen LogP contribution in [0.25, 0.3) is 10.8 Å². The summed E-state index contributed by atoms with van der Waals surface area (Å²) in [6, 6.07) is 20.0. The van der Waals surface area contributed by atoms with Crippen molar-refractivity contribution in [2.24, 2.45) is 0 Å². The lowest BCUT2D eigenvalue weighted by atomic mass is 10.0. The number of ether oxygens (including phenoxy) is 1. The molecule has 0 N–H and O–H groups in total. The van der Waals surface area contributed by atoms with Gasteiger partial charge in [0.15, 0.2) is 0 Å². The fourth-order valence-corrected chi connectivity index (χ4v) is 3.05. The first-order chi connectivity index (χ1) is 10.2. The Morgan fingerprint density at radius 2 is 1.67 bits per heavy atom. The van der Waals surface area contributed by atoms with E-state index >= 15 is 0 Å². The van der Waals surface area contributed by atoms with Gasteiger partial charge in [0.25, 0.3) is 0 Å². The van der Waals surface area contributed by atoms with Crippen LogP contribution in [0.5, 0.6) is 5.75 Å². The van der Waals surface area contributed by atoms with E-state index in [0.717, 1.165) is 16.9 Å². The smallest absolute Gasteiger partial charge is 0.120 e. The zero-order valence-corrected chi connectivity index (χ0v) is 13.0. The average Bonchev–Trinajstić information content (AvgIpc) is 2.53. The van der Waals surface area contributed by atoms with Crippen molar-refractivity contribution < 1.29 is 4.74 Å². The van der Waals surface area contributed by atoms with Crippen LogP contribution in [0.3, 0.4) is 0 Å². The van der Waals surface area contributed by atoms with Crippen molar-refractivity contribution in [2.45, 2.75) is 5.38 Å². The van der Waals surface area contributed by atoms with Gasteiger partial charge in [-0.25, -0.2) is 0 Å². The zero-order valence-electron chi connectivity index (χ0n) is 11.5. The van der Waals surface area contributed by atoms with Crippen molar-refractivity contribution in [2.75, 3.05) is 7.11 Å². The quantitative estimate of drug-likeness (QED) is 0.552. The van der Waals surface area contributed by atoms with E-state index in [1.165, 1.54) is 10.8 Å². The zero-order chi connectivity index (χ0) is 14.8. The molecule has 1 atom stereocenters. The molecule has 0 radical (unpaired) electrons. The monoisotopic (exact) mass is 316 g/mol. The second-order valence-corrected chi connectivity index (χ2v) is 5.70. The van der Waals surface area contributed by atoms with Crippen LogP contribution in [0.15, 0.2) is 60.7 Å². The van der Waals surface area contributed by atoms with E-state index in [0.29, 0.717) is 5.02 Å². The van der Waals surface area contributed by atoms with Gasteiger partial charge in [0, 0.05) is 5.02 Å². The second kappa shape index (κ2) is 5.97. The summed E-state index contributed by atoms with van der Waals surface area (Å²) < 4.78 is 5.17. The van der Waals surface area contributed by atoms with Crippen LogP contribution < -0.4 is 4.74 Å². The Balaban J connectivity index is 2.01. The van der Waals surface area contributed by atoms with E-state index in [4.69, 9.17) is 27.9 Å². The summed E-state index contributed by atoms with van der Waals surface area (Å²) in [7, 11) is 1.62. The first kappa shape index (κ1) is 14.2. The van der Waals surface area contributed by atoms with Crippen molar-refractivity contribution in [3.63, 3.8) is 0 Å². The van der Waals surface area contributed by atoms with Crippen LogP contribution in [0.1, 0.15) is 16.5 Å². The standard InChI is InChI=1S/C18H14Cl2O/c1-21-15-8-9-16(17(19)11-15)18(20)14-7-6-12-4-2-3-5-13(12)10-14/h2-11,18H,1H3. The lowest BCUT2D eigenvalue weighted by molar-refractivity contribution is 0.414. The first-order valence-corrected chi connectivity index (χ1v) is 7.46. The maximum atomic E-state index is 6.61. The lowest BCUT2D eigenvalue weighted by Crippen LogP contribution is -1.95. The van der Waals surface area contributed by atoms with Gasteiger partial charge < -0.3 is 4.74 Å². The molecule has 0 saturated carbocycles. The maximum absolute atomic E-state index is 6.61. The van der Waals surface area contributed by atoms with Crippen molar-refractivity contribution in [3.05, 3.63) is 76.8 Å². The fourth-order valence-electron chi connectivity index (χ4n) is 2.39. The van der Waals surface area contributed by atoms with E-state index in [-0.39, 0.29) is 5.38 Å². The number of rotatable bonds is 3. The molecule has 0 aliphatic rings. The van der Waals surface area contributed by atoms with E-state index in [2.05, 4.69) is 24.3 Å². The van der Waals surface area contributed by atoms with Crippen LogP contribution in [0, 0.1) is 0 Å². The number of hydrogen-bond acceptors (Lipinski definition) is 1. The van der Waals surface area contributed by atoms with Gasteiger partial charge in [-0.15, -0.1) is 11.6 Å². The first-order valence-electron chi connectivity index (χ1n) is 6.65. The molecule has 3 aromatic carbocycles. The second-order valence-electron chi connectivity index (χ2n) is 4.86. The third-order valence-corrected chi connectivity index (χ3v) is 4.36. The molecule has 1 unspecified atom stereocenters. The number of alkyl halides is 1. The minimum atomic E-state index is -0.284. The van der Waals surface area contributed by atoms with Gasteiger partial charge in [-0.2, -0.15) is 0 Å². The Morgan fingerprint density at radius 1 is 0.905 bits per heavy atom. The molecule has 106 valence electrons. The number of hydrogen-bond donors (Lipinski definition) is 0. The summed E-state index contributed by atoms with van der Waals surface area (Å²) in [5.41, 5.74) is 1.91. The summed E-state index contributed by atoms with van der Waals surface area (Å²) in [6.07, 6.45) is 0. The Bertz CT molecular complexity index is 783. The van der Waals surface area contributed by atoms with Crippen LogP contribution in [0.4, 0.5) is 0 Å². The minimum Gasteiger partial charge on any atom is -0.497 e. The molecule has 0 spiro atoms.